The molecule has 1 aliphatic heterocycles. The Balaban J connectivity index is 1.65. The summed E-state index contributed by atoms with van der Waals surface area (Å²) in [4.78, 5) is 30.3. The number of rotatable bonds is 10. The molecule has 3 aromatic carbocycles. The van der Waals surface area contributed by atoms with E-state index in [0.717, 1.165) is 11.1 Å². The minimum atomic E-state index is -0.738. The molecular formula is C28H31N5O2. The molecule has 3 aromatic rings. The molecule has 180 valence electrons. The smallest absolute Gasteiger partial charge is 0.331 e. The van der Waals surface area contributed by atoms with E-state index < -0.39 is 12.1 Å². The third-order valence-corrected chi connectivity index (χ3v) is 6.22. The van der Waals surface area contributed by atoms with Gasteiger partial charge in [-0.1, -0.05) is 78.9 Å². The predicted molar refractivity (Wildman–Crippen MR) is 138 cm³/mol. The third-order valence-electron chi connectivity index (χ3n) is 6.22. The maximum absolute atomic E-state index is 13.8. The molecule has 0 bridgehead atoms. The van der Waals surface area contributed by atoms with Crippen molar-refractivity contribution in [3.63, 3.8) is 0 Å². The molecule has 0 saturated carbocycles. The van der Waals surface area contributed by atoms with Gasteiger partial charge < -0.3 is 16.0 Å². The number of nitrogens with zero attached hydrogens (tertiary/aromatic N) is 2. The maximum atomic E-state index is 13.8. The van der Waals surface area contributed by atoms with Gasteiger partial charge in [0, 0.05) is 13.0 Å². The van der Waals surface area contributed by atoms with E-state index in [9.17, 15) is 9.59 Å². The molecule has 4 rings (SSSR count). The minimum Gasteiger partial charge on any atom is -0.350 e. The first-order valence-corrected chi connectivity index (χ1v) is 11.9. The summed E-state index contributed by atoms with van der Waals surface area (Å²) >= 11 is 0. The molecule has 1 saturated heterocycles. The highest BCUT2D eigenvalue weighted by molar-refractivity contribution is 6.23. The van der Waals surface area contributed by atoms with Gasteiger partial charge in [0.2, 0.25) is 5.91 Å². The highest BCUT2D eigenvalue weighted by Crippen LogP contribution is 2.30. The fourth-order valence-electron chi connectivity index (χ4n) is 4.45. The molecule has 35 heavy (non-hydrogen) atoms. The molecule has 0 aliphatic carbocycles. The Morgan fingerprint density at radius 1 is 0.914 bits per heavy atom. The van der Waals surface area contributed by atoms with Gasteiger partial charge in [-0.25, -0.2) is 9.69 Å². The molecule has 7 heteroatoms. The summed E-state index contributed by atoms with van der Waals surface area (Å²) in [5.41, 5.74) is 8.38. The van der Waals surface area contributed by atoms with E-state index in [1.807, 2.05) is 78.9 Å². The number of nitrogens with two attached hydrogens (primary N) is 1. The Kier molecular flexibility index (Phi) is 7.90. The summed E-state index contributed by atoms with van der Waals surface area (Å²) in [5, 5.41) is 12.0. The van der Waals surface area contributed by atoms with Crippen molar-refractivity contribution >= 4 is 23.5 Å². The Bertz CT molecular complexity index is 1140. The predicted octanol–water partition coefficient (Wildman–Crippen LogP) is 3.94. The number of carbonyl (C=O) groups excluding carboxylic acids is 2. The van der Waals surface area contributed by atoms with Gasteiger partial charge in [-0.05, 0) is 42.6 Å². The first-order chi connectivity index (χ1) is 17.1. The molecule has 7 nitrogen and oxygen atoms in total. The summed E-state index contributed by atoms with van der Waals surface area (Å²) in [5.74, 6) is -0.0740. The van der Waals surface area contributed by atoms with E-state index >= 15 is 0 Å². The molecule has 4 N–H and O–H groups in total. The van der Waals surface area contributed by atoms with Crippen LogP contribution in [0, 0.1) is 5.41 Å². The van der Waals surface area contributed by atoms with Crippen LogP contribution in [0.2, 0.25) is 0 Å². The van der Waals surface area contributed by atoms with Gasteiger partial charge in [0.1, 0.15) is 11.9 Å². The normalized spacial score (nSPS) is 16.4. The lowest BCUT2D eigenvalue weighted by Gasteiger charge is -2.31. The average Bonchev–Trinajstić information content (AvgIpc) is 3.13. The van der Waals surface area contributed by atoms with Gasteiger partial charge >= 0.3 is 6.03 Å². The van der Waals surface area contributed by atoms with Crippen LogP contribution in [0.15, 0.2) is 91.0 Å². The van der Waals surface area contributed by atoms with Crippen LogP contribution in [0.3, 0.4) is 0 Å². The van der Waals surface area contributed by atoms with Gasteiger partial charge in [-0.15, -0.1) is 0 Å². The van der Waals surface area contributed by atoms with E-state index in [-0.39, 0.29) is 17.8 Å². The summed E-state index contributed by atoms with van der Waals surface area (Å²) in [6.45, 7) is 0.776. The highest BCUT2D eigenvalue weighted by Gasteiger charge is 2.47. The number of amidine groups is 1. The summed E-state index contributed by atoms with van der Waals surface area (Å²) in [7, 11) is 0. The summed E-state index contributed by atoms with van der Waals surface area (Å²) in [6, 6.07) is 26.9. The topological polar surface area (TPSA) is 103 Å². The van der Waals surface area contributed by atoms with Crippen molar-refractivity contribution in [1.29, 1.82) is 5.41 Å². The zero-order valence-corrected chi connectivity index (χ0v) is 19.6. The molecule has 1 fully saturated rings. The molecule has 2 atom stereocenters. The summed E-state index contributed by atoms with van der Waals surface area (Å²) in [6.07, 6.45) is 1.45. The zero-order chi connectivity index (χ0) is 24.6. The lowest BCUT2D eigenvalue weighted by atomic mass is 10.0. The molecule has 1 aliphatic rings. The van der Waals surface area contributed by atoms with E-state index in [1.165, 1.54) is 4.90 Å². The molecular weight excluding hydrogens is 438 g/mol. The molecule has 0 radical (unpaired) electrons. The Hall–Kier alpha value is -3.97. The number of urea groups is 1. The van der Waals surface area contributed by atoms with Gasteiger partial charge in [0.05, 0.1) is 11.7 Å². The van der Waals surface area contributed by atoms with E-state index in [2.05, 4.69) is 5.32 Å². The Morgan fingerprint density at radius 3 is 2.09 bits per heavy atom. The van der Waals surface area contributed by atoms with Crippen molar-refractivity contribution in [2.75, 3.05) is 11.4 Å². The quantitative estimate of drug-likeness (QED) is 0.419. The zero-order valence-electron chi connectivity index (χ0n) is 19.6. The van der Waals surface area contributed by atoms with Crippen molar-refractivity contribution in [3.05, 3.63) is 102 Å². The van der Waals surface area contributed by atoms with Crippen molar-refractivity contribution in [3.8, 4) is 0 Å². The van der Waals surface area contributed by atoms with E-state index in [4.69, 9.17) is 11.1 Å². The van der Waals surface area contributed by atoms with Crippen LogP contribution in [-0.4, -0.2) is 41.3 Å². The van der Waals surface area contributed by atoms with Gasteiger partial charge in [0.15, 0.2) is 0 Å². The van der Waals surface area contributed by atoms with Crippen molar-refractivity contribution in [1.82, 2.24) is 10.2 Å². The van der Waals surface area contributed by atoms with Crippen LogP contribution in [-0.2, 0) is 17.8 Å². The number of hydrogen-bond donors (Lipinski definition) is 3. The van der Waals surface area contributed by atoms with Crippen LogP contribution in [0.25, 0.3) is 0 Å². The van der Waals surface area contributed by atoms with E-state index in [1.54, 1.807) is 17.0 Å². The molecule has 0 unspecified atom stereocenters. The number of para-hydroxylation sites is 1. The minimum absolute atomic E-state index is 0.165. The summed E-state index contributed by atoms with van der Waals surface area (Å²) < 4.78 is 0. The number of nitrogens with one attached hydrogen (secondary N) is 2. The largest absolute Gasteiger partial charge is 0.350 e. The van der Waals surface area contributed by atoms with Crippen LogP contribution >= 0.6 is 0 Å². The fraction of sp³-hybridized carbons (Fsp3) is 0.250. The molecule has 0 aromatic heterocycles. The average molecular weight is 470 g/mol. The van der Waals surface area contributed by atoms with Crippen molar-refractivity contribution in [2.45, 2.75) is 37.9 Å². The van der Waals surface area contributed by atoms with Crippen molar-refractivity contribution < 1.29 is 9.59 Å². The number of anilines is 1. The van der Waals surface area contributed by atoms with Crippen LogP contribution < -0.4 is 16.0 Å². The fourth-order valence-corrected chi connectivity index (χ4v) is 4.45. The van der Waals surface area contributed by atoms with E-state index in [0.29, 0.717) is 38.0 Å². The second-order valence-corrected chi connectivity index (χ2v) is 8.60. The number of amides is 3. The van der Waals surface area contributed by atoms with Crippen LogP contribution in [0.4, 0.5) is 10.5 Å². The van der Waals surface area contributed by atoms with Gasteiger partial charge in [-0.3, -0.25) is 10.2 Å². The monoisotopic (exact) mass is 469 g/mol. The Labute approximate surface area is 206 Å². The molecule has 1 heterocycles. The van der Waals surface area contributed by atoms with Crippen molar-refractivity contribution in [2.24, 2.45) is 5.73 Å². The van der Waals surface area contributed by atoms with Crippen LogP contribution in [0.5, 0.6) is 0 Å². The standard InChI is InChI=1S/C28H31N5O2/c29-18-10-17-24(27(34)31-20-22-13-6-2-7-14-22)33-25(19-21-11-4-1-5-12-21)26(30)32(28(33)35)23-15-8-3-9-16-23/h1-9,11-16,24-25,30H,10,17-20,29H2,(H,31,34)/t24-,25+/m0/s1. The number of carbonyl (C=O) groups is 2. The molecule has 0 spiro atoms. The first-order valence-electron chi connectivity index (χ1n) is 11.9. The SMILES string of the molecule is N=C1[C@@H](Cc2ccccc2)N([C@@H](CCCN)C(=O)NCc2ccccc2)C(=O)N1c1ccccc1. The van der Waals surface area contributed by atoms with Gasteiger partial charge in [0.25, 0.3) is 0 Å². The highest BCUT2D eigenvalue weighted by atomic mass is 16.2. The third kappa shape index (κ3) is 5.58. The lowest BCUT2D eigenvalue weighted by Crippen LogP contribution is -2.52. The maximum Gasteiger partial charge on any atom is 0.331 e. The second-order valence-electron chi connectivity index (χ2n) is 8.60. The number of hydrogen-bond acceptors (Lipinski definition) is 4. The van der Waals surface area contributed by atoms with Gasteiger partial charge in [-0.2, -0.15) is 0 Å². The molecule has 3 amide bonds. The van der Waals surface area contributed by atoms with Crippen LogP contribution in [0.1, 0.15) is 24.0 Å². The lowest BCUT2D eigenvalue weighted by molar-refractivity contribution is -0.126. The first kappa shape index (κ1) is 24.2. The Morgan fingerprint density at radius 2 is 1.49 bits per heavy atom. The second kappa shape index (κ2) is 11.4. The number of benzene rings is 3.